The molecule has 0 aliphatic carbocycles. The van der Waals surface area contributed by atoms with E-state index in [0.717, 1.165) is 42.0 Å². The van der Waals surface area contributed by atoms with Crippen LogP contribution in [-0.4, -0.2) is 35.3 Å². The van der Waals surface area contributed by atoms with E-state index in [1.54, 1.807) is 13.0 Å². The second-order valence-corrected chi connectivity index (χ2v) is 12.0. The van der Waals surface area contributed by atoms with E-state index in [0.29, 0.717) is 23.1 Å². The maximum atomic E-state index is 15.1. The first-order valence-corrected chi connectivity index (χ1v) is 13.4. The monoisotopic (exact) mass is 535 g/mol. The highest BCUT2D eigenvalue weighted by Gasteiger charge is 2.28. The highest BCUT2D eigenvalue weighted by Crippen LogP contribution is 2.37. The molecular formula is C22H19ClFN5O4S2. The standard InChI is InChI=1S/C22H19ClFN5O4S2/c1-11-26-17-10-16-12(6-7-25-16)8-14(17)21(30)29(11)18-3-2-13(9-15(18)24)27-22(31)28-35(32,33)20-5-4-19(23)34-20/h2-3,5,8-10,19,25H,4,6-7H2,1H3,(H2,27,28,31). The summed E-state index contributed by atoms with van der Waals surface area (Å²) in [5.41, 5.74) is 2.01. The van der Waals surface area contributed by atoms with Gasteiger partial charge in [0.25, 0.3) is 15.6 Å². The lowest BCUT2D eigenvalue weighted by Gasteiger charge is -2.14. The van der Waals surface area contributed by atoms with Crippen LogP contribution in [0.4, 0.5) is 20.6 Å². The zero-order chi connectivity index (χ0) is 24.9. The van der Waals surface area contributed by atoms with Gasteiger partial charge in [0.05, 0.1) is 21.3 Å². The molecule has 1 aromatic heterocycles. The molecule has 0 fully saturated rings. The molecule has 0 saturated carbocycles. The Labute approximate surface area is 208 Å². The Morgan fingerprint density at radius 2 is 2.11 bits per heavy atom. The van der Waals surface area contributed by atoms with Crippen molar-refractivity contribution in [3.8, 4) is 5.69 Å². The molecule has 2 aromatic carbocycles. The summed E-state index contributed by atoms with van der Waals surface area (Å²) >= 11 is 6.81. The van der Waals surface area contributed by atoms with E-state index in [4.69, 9.17) is 11.6 Å². The number of alkyl halides is 1. The Morgan fingerprint density at radius 3 is 2.83 bits per heavy atom. The largest absolute Gasteiger partial charge is 0.384 e. The lowest BCUT2D eigenvalue weighted by atomic mass is 10.1. The zero-order valence-electron chi connectivity index (χ0n) is 18.3. The Bertz CT molecular complexity index is 1590. The fourth-order valence-electron chi connectivity index (χ4n) is 4.05. The van der Waals surface area contributed by atoms with E-state index >= 15 is 4.39 Å². The second-order valence-electron chi connectivity index (χ2n) is 8.02. The van der Waals surface area contributed by atoms with E-state index in [9.17, 15) is 18.0 Å². The summed E-state index contributed by atoms with van der Waals surface area (Å²) in [5, 5.41) is 5.91. The Hall–Kier alpha value is -3.09. The third kappa shape index (κ3) is 4.48. The number of benzene rings is 2. The number of thioether (sulfide) groups is 1. The summed E-state index contributed by atoms with van der Waals surface area (Å²) in [4.78, 5) is 29.9. The third-order valence-corrected chi connectivity index (χ3v) is 9.01. The Kier molecular flexibility index (Phi) is 5.98. The number of allylic oxidation sites excluding steroid dienone is 1. The average Bonchev–Trinajstić information content (AvgIpc) is 3.42. The first kappa shape index (κ1) is 23.6. The molecule has 0 spiro atoms. The molecule has 3 N–H and O–H groups in total. The molecule has 2 amide bonds. The van der Waals surface area contributed by atoms with Crippen molar-refractivity contribution >= 4 is 61.7 Å². The number of rotatable bonds is 4. The van der Waals surface area contributed by atoms with E-state index in [-0.39, 0.29) is 15.6 Å². The molecule has 0 radical (unpaired) electrons. The van der Waals surface area contributed by atoms with Crippen LogP contribution >= 0.6 is 23.4 Å². The van der Waals surface area contributed by atoms with E-state index in [1.807, 2.05) is 10.8 Å². The van der Waals surface area contributed by atoms with Crippen LogP contribution in [0, 0.1) is 12.7 Å². The highest BCUT2D eigenvalue weighted by atomic mass is 35.5. The van der Waals surface area contributed by atoms with Crippen molar-refractivity contribution in [1.82, 2.24) is 14.3 Å². The molecule has 182 valence electrons. The smallest absolute Gasteiger partial charge is 0.333 e. The number of hydrogen-bond acceptors (Lipinski definition) is 7. The van der Waals surface area contributed by atoms with Crippen LogP contribution in [-0.2, 0) is 16.4 Å². The van der Waals surface area contributed by atoms with Gasteiger partial charge in [-0.05, 0) is 55.7 Å². The summed E-state index contributed by atoms with van der Waals surface area (Å²) in [5.74, 6) is -0.498. The molecule has 13 heteroatoms. The summed E-state index contributed by atoms with van der Waals surface area (Å²) in [6, 6.07) is 6.23. The van der Waals surface area contributed by atoms with Gasteiger partial charge in [-0.25, -0.2) is 27.3 Å². The number of hydrogen-bond donors (Lipinski definition) is 3. The van der Waals surface area contributed by atoms with Gasteiger partial charge in [0.2, 0.25) is 0 Å². The number of anilines is 2. The van der Waals surface area contributed by atoms with E-state index in [2.05, 4.69) is 15.6 Å². The lowest BCUT2D eigenvalue weighted by molar-refractivity contribution is 0.256. The molecule has 2 aliphatic rings. The molecule has 1 unspecified atom stereocenters. The quantitative estimate of drug-likeness (QED) is 0.434. The topological polar surface area (TPSA) is 122 Å². The lowest BCUT2D eigenvalue weighted by Crippen LogP contribution is -2.34. The van der Waals surface area contributed by atoms with Crippen LogP contribution in [0.5, 0.6) is 0 Å². The number of halogens is 2. The van der Waals surface area contributed by atoms with Crippen molar-refractivity contribution in [3.05, 3.63) is 68.2 Å². The normalized spacial score (nSPS) is 17.1. The van der Waals surface area contributed by atoms with Gasteiger partial charge in [-0.2, -0.15) is 0 Å². The molecule has 2 aliphatic heterocycles. The van der Waals surface area contributed by atoms with Crippen molar-refractivity contribution in [1.29, 1.82) is 0 Å². The maximum Gasteiger partial charge on any atom is 0.333 e. The van der Waals surface area contributed by atoms with Gasteiger partial charge in [-0.15, -0.1) is 11.6 Å². The molecule has 0 saturated heterocycles. The molecule has 0 bridgehead atoms. The number of amides is 2. The van der Waals surface area contributed by atoms with Crippen LogP contribution in [0.15, 0.2) is 45.4 Å². The maximum absolute atomic E-state index is 15.1. The van der Waals surface area contributed by atoms with Crippen molar-refractivity contribution in [2.75, 3.05) is 17.2 Å². The van der Waals surface area contributed by atoms with Crippen LogP contribution < -0.4 is 20.9 Å². The molecular weight excluding hydrogens is 517 g/mol. The van der Waals surface area contributed by atoms with Gasteiger partial charge in [-0.3, -0.25) is 9.36 Å². The predicted octanol–water partition coefficient (Wildman–Crippen LogP) is 3.80. The number of nitrogens with one attached hydrogen (secondary N) is 3. The zero-order valence-corrected chi connectivity index (χ0v) is 20.7. The Morgan fingerprint density at radius 1 is 1.31 bits per heavy atom. The summed E-state index contributed by atoms with van der Waals surface area (Å²) in [7, 11) is -4.08. The van der Waals surface area contributed by atoms with Crippen molar-refractivity contribution in [2.45, 2.75) is 24.5 Å². The van der Waals surface area contributed by atoms with Gasteiger partial charge in [0.1, 0.15) is 15.9 Å². The van der Waals surface area contributed by atoms with Gasteiger partial charge in [0, 0.05) is 17.9 Å². The minimum absolute atomic E-state index is 0.00516. The SMILES string of the molecule is Cc1nc2cc3c(cc2c(=O)n1-c1ccc(NC(=O)NS(=O)(=O)C2=CCC(Cl)S2)cc1F)CCN3. The number of fused-ring (bicyclic) bond motifs is 2. The molecule has 3 heterocycles. The summed E-state index contributed by atoms with van der Waals surface area (Å²) in [6.45, 7) is 2.38. The van der Waals surface area contributed by atoms with E-state index < -0.39 is 32.1 Å². The summed E-state index contributed by atoms with van der Waals surface area (Å²) < 4.78 is 42.3. The minimum Gasteiger partial charge on any atom is -0.384 e. The van der Waals surface area contributed by atoms with Gasteiger partial charge >= 0.3 is 6.03 Å². The van der Waals surface area contributed by atoms with Crippen LogP contribution in [0.3, 0.4) is 0 Å². The fraction of sp³-hybridized carbons (Fsp3) is 0.227. The van der Waals surface area contributed by atoms with Crippen molar-refractivity contribution in [3.63, 3.8) is 0 Å². The van der Waals surface area contributed by atoms with Crippen molar-refractivity contribution < 1.29 is 17.6 Å². The molecule has 3 aromatic rings. The van der Waals surface area contributed by atoms with Crippen LogP contribution in [0.2, 0.25) is 0 Å². The molecule has 5 rings (SSSR count). The van der Waals surface area contributed by atoms with Gasteiger partial charge < -0.3 is 10.6 Å². The number of aromatic nitrogens is 2. The number of nitrogens with zero attached hydrogens (tertiary/aromatic N) is 2. The van der Waals surface area contributed by atoms with Gasteiger partial charge in [0.15, 0.2) is 0 Å². The van der Waals surface area contributed by atoms with Gasteiger partial charge in [-0.1, -0.05) is 17.8 Å². The second kappa shape index (κ2) is 8.85. The minimum atomic E-state index is -4.08. The number of urea groups is 1. The van der Waals surface area contributed by atoms with Crippen LogP contribution in [0.25, 0.3) is 16.6 Å². The molecule has 9 nitrogen and oxygen atoms in total. The Balaban J connectivity index is 1.41. The van der Waals surface area contributed by atoms with E-state index in [1.165, 1.54) is 22.8 Å². The number of aryl methyl sites for hydroxylation is 1. The third-order valence-electron chi connectivity index (χ3n) is 5.62. The predicted molar refractivity (Wildman–Crippen MR) is 135 cm³/mol. The number of carbonyl (C=O) groups excluding carboxylic acids is 1. The number of carbonyl (C=O) groups is 1. The fourth-order valence-corrected chi connectivity index (χ4v) is 6.92. The van der Waals surface area contributed by atoms with Crippen LogP contribution in [0.1, 0.15) is 17.8 Å². The molecule has 35 heavy (non-hydrogen) atoms. The highest BCUT2D eigenvalue weighted by molar-refractivity contribution is 8.19. The first-order chi connectivity index (χ1) is 16.6. The summed E-state index contributed by atoms with van der Waals surface area (Å²) in [6.07, 6.45) is 2.57. The number of sulfonamides is 1. The average molecular weight is 536 g/mol. The van der Waals surface area contributed by atoms with Crippen molar-refractivity contribution in [2.24, 2.45) is 0 Å². The first-order valence-electron chi connectivity index (χ1n) is 10.6. The molecule has 1 atom stereocenters.